The first-order valence-electron chi connectivity index (χ1n) is 3.13. The van der Waals surface area contributed by atoms with Crippen LogP contribution in [0.3, 0.4) is 0 Å². The maximum absolute atomic E-state index is 5.16. The van der Waals surface area contributed by atoms with Crippen molar-refractivity contribution >= 4 is 6.08 Å². The zero-order valence-electron chi connectivity index (χ0n) is 5.37. The van der Waals surface area contributed by atoms with Crippen molar-refractivity contribution in [1.29, 1.82) is 0 Å². The van der Waals surface area contributed by atoms with Crippen LogP contribution < -0.4 is 4.74 Å². The van der Waals surface area contributed by atoms with Crippen molar-refractivity contribution in [1.82, 2.24) is 0 Å². The van der Waals surface area contributed by atoms with E-state index in [1.54, 1.807) is 6.26 Å². The Labute approximate surface area is 59.3 Å². The number of rotatable bonds is 0. The molecule has 1 aromatic carbocycles. The van der Waals surface area contributed by atoms with Gasteiger partial charge in [0.05, 0.1) is 0 Å². The van der Waals surface area contributed by atoms with E-state index in [-0.39, 0.29) is 0 Å². The van der Waals surface area contributed by atoms with Crippen LogP contribution in [0.5, 0.6) is 5.75 Å². The second-order valence-corrected chi connectivity index (χ2v) is 2.08. The molecule has 2 rings (SSSR count). The van der Waals surface area contributed by atoms with Crippen molar-refractivity contribution in [2.75, 3.05) is 0 Å². The molecule has 0 saturated heterocycles. The fourth-order valence-corrected chi connectivity index (χ4v) is 0.928. The lowest BCUT2D eigenvalue weighted by molar-refractivity contribution is 0.479. The van der Waals surface area contributed by atoms with E-state index in [2.05, 4.69) is 5.73 Å². The van der Waals surface area contributed by atoms with Crippen LogP contribution in [0.1, 0.15) is 5.56 Å². The summed E-state index contributed by atoms with van der Waals surface area (Å²) in [5.41, 5.74) is 3.96. The van der Waals surface area contributed by atoms with Crippen LogP contribution in [-0.2, 0) is 0 Å². The molecule has 1 heterocycles. The molecule has 0 bridgehead atoms. The molecule has 0 fully saturated rings. The van der Waals surface area contributed by atoms with E-state index in [1.165, 1.54) is 0 Å². The highest BCUT2D eigenvalue weighted by Gasteiger charge is 1.98. The van der Waals surface area contributed by atoms with Gasteiger partial charge in [0, 0.05) is 5.56 Å². The summed E-state index contributed by atoms with van der Waals surface area (Å²) < 4.78 is 5.16. The minimum atomic E-state index is 0.904. The molecule has 0 radical (unpaired) electrons. The quantitative estimate of drug-likeness (QED) is 0.489. The molecule has 1 heteroatoms. The summed E-state index contributed by atoms with van der Waals surface area (Å²) in [5.74, 6) is 0.904. The molecule has 0 saturated carbocycles. The third-order valence-corrected chi connectivity index (χ3v) is 1.41. The lowest BCUT2D eigenvalue weighted by atomic mass is 10.2. The smallest absolute Gasteiger partial charge is 0.135 e. The number of ether oxygens (including phenoxy) is 1. The van der Waals surface area contributed by atoms with Crippen LogP contribution in [0.25, 0.3) is 6.08 Å². The van der Waals surface area contributed by atoms with Gasteiger partial charge >= 0.3 is 0 Å². The van der Waals surface area contributed by atoms with Gasteiger partial charge in [-0.05, 0) is 12.1 Å². The Bertz CT molecular complexity index is 306. The molecule has 0 amide bonds. The van der Waals surface area contributed by atoms with Crippen LogP contribution in [-0.4, -0.2) is 0 Å². The maximum Gasteiger partial charge on any atom is 0.135 e. The Hall–Kier alpha value is -1.46. The third-order valence-electron chi connectivity index (χ3n) is 1.41. The Balaban J connectivity index is 2.63. The van der Waals surface area contributed by atoms with Crippen LogP contribution >= 0.6 is 0 Å². The van der Waals surface area contributed by atoms with Crippen molar-refractivity contribution in [3.8, 4) is 5.75 Å². The molecule has 0 N–H and O–H groups in total. The summed E-state index contributed by atoms with van der Waals surface area (Å²) in [6, 6.07) is 7.86. The number of fused-ring (bicyclic) bond motifs is 1. The average molecular weight is 130 g/mol. The Morgan fingerprint density at radius 2 is 2.10 bits per heavy atom. The molecule has 48 valence electrons. The van der Waals surface area contributed by atoms with Gasteiger partial charge in [0.1, 0.15) is 12.0 Å². The van der Waals surface area contributed by atoms with Crippen molar-refractivity contribution in [3.05, 3.63) is 41.8 Å². The van der Waals surface area contributed by atoms with E-state index in [0.29, 0.717) is 0 Å². The summed E-state index contributed by atoms with van der Waals surface area (Å²) in [4.78, 5) is 0. The van der Waals surface area contributed by atoms with Gasteiger partial charge in [0.15, 0.2) is 0 Å². The van der Waals surface area contributed by atoms with Gasteiger partial charge in [-0.15, -0.1) is 0 Å². The van der Waals surface area contributed by atoms with E-state index >= 15 is 0 Å². The molecule has 0 spiro atoms. The maximum atomic E-state index is 5.16. The zero-order chi connectivity index (χ0) is 6.81. The fraction of sp³-hybridized carbons (Fsp3) is 0. The van der Waals surface area contributed by atoms with Crippen LogP contribution in [0.15, 0.2) is 36.3 Å². The first-order valence-corrected chi connectivity index (χ1v) is 3.13. The molecule has 0 aromatic heterocycles. The minimum Gasteiger partial charge on any atom is -0.456 e. The molecule has 1 aromatic rings. The van der Waals surface area contributed by atoms with Gasteiger partial charge in [0.25, 0.3) is 0 Å². The Kier molecular flexibility index (Phi) is 1.09. The second-order valence-electron chi connectivity index (χ2n) is 2.08. The topological polar surface area (TPSA) is 9.23 Å². The van der Waals surface area contributed by atoms with Crippen LogP contribution in [0, 0.1) is 0 Å². The first kappa shape index (κ1) is 5.33. The zero-order valence-corrected chi connectivity index (χ0v) is 5.37. The molecular weight excluding hydrogens is 124 g/mol. The predicted octanol–water partition coefficient (Wildman–Crippen LogP) is 2.20. The molecular formula is C9H6O. The molecule has 0 atom stereocenters. The monoisotopic (exact) mass is 130 g/mol. The highest BCUT2D eigenvalue weighted by Crippen LogP contribution is 2.21. The van der Waals surface area contributed by atoms with E-state index < -0.39 is 0 Å². The fourth-order valence-electron chi connectivity index (χ4n) is 0.928. The molecule has 1 aliphatic rings. The van der Waals surface area contributed by atoms with Crippen molar-refractivity contribution in [2.24, 2.45) is 0 Å². The SMILES string of the molecule is C1=COc2ccccc2C=1. The molecule has 10 heavy (non-hydrogen) atoms. The van der Waals surface area contributed by atoms with Gasteiger partial charge in [-0.25, -0.2) is 0 Å². The average Bonchev–Trinajstić information content (AvgIpc) is 2.05. The Morgan fingerprint density at radius 3 is 3.00 bits per heavy atom. The van der Waals surface area contributed by atoms with E-state index in [9.17, 15) is 0 Å². The van der Waals surface area contributed by atoms with Gasteiger partial charge in [0.2, 0.25) is 0 Å². The summed E-state index contributed by atoms with van der Waals surface area (Å²) in [7, 11) is 0. The summed E-state index contributed by atoms with van der Waals surface area (Å²) >= 11 is 0. The van der Waals surface area contributed by atoms with Gasteiger partial charge in [-0.3, -0.25) is 0 Å². The lowest BCUT2D eigenvalue weighted by Gasteiger charge is -2.04. The standard InChI is InChI=1S/C9H6O/c1-2-6-9-8(4-1)5-3-7-10-9/h1-2,4-7H. The van der Waals surface area contributed by atoms with Crippen LogP contribution in [0.4, 0.5) is 0 Å². The number of hydrogen-bond acceptors (Lipinski definition) is 1. The van der Waals surface area contributed by atoms with E-state index in [4.69, 9.17) is 4.74 Å². The Morgan fingerprint density at radius 1 is 1.20 bits per heavy atom. The van der Waals surface area contributed by atoms with Crippen molar-refractivity contribution in [3.63, 3.8) is 0 Å². The first-order chi connectivity index (χ1) is 4.97. The number of para-hydroxylation sites is 1. The highest BCUT2D eigenvalue weighted by atomic mass is 16.5. The molecule has 0 aliphatic carbocycles. The van der Waals surface area contributed by atoms with Crippen molar-refractivity contribution in [2.45, 2.75) is 0 Å². The van der Waals surface area contributed by atoms with E-state index in [1.807, 2.05) is 30.3 Å². The number of benzene rings is 1. The third kappa shape index (κ3) is 0.734. The minimum absolute atomic E-state index is 0.904. The van der Waals surface area contributed by atoms with Gasteiger partial charge in [-0.1, -0.05) is 23.9 Å². The van der Waals surface area contributed by atoms with Gasteiger partial charge < -0.3 is 4.74 Å². The van der Waals surface area contributed by atoms with Crippen molar-refractivity contribution < 1.29 is 4.74 Å². The largest absolute Gasteiger partial charge is 0.456 e. The van der Waals surface area contributed by atoms with Gasteiger partial charge in [-0.2, -0.15) is 0 Å². The van der Waals surface area contributed by atoms with Crippen LogP contribution in [0.2, 0.25) is 0 Å². The summed E-state index contributed by atoms with van der Waals surface area (Å²) in [5, 5.41) is 0. The van der Waals surface area contributed by atoms with E-state index in [0.717, 1.165) is 11.3 Å². The molecule has 1 nitrogen and oxygen atoms in total. The normalized spacial score (nSPS) is 12.4. The number of hydrogen-bond donors (Lipinski definition) is 0. The molecule has 0 unspecified atom stereocenters. The summed E-state index contributed by atoms with van der Waals surface area (Å²) in [6.07, 6.45) is 3.46. The lowest BCUT2D eigenvalue weighted by Crippen LogP contribution is -1.87. The highest BCUT2D eigenvalue weighted by molar-refractivity contribution is 5.58. The molecule has 1 aliphatic heterocycles. The predicted molar refractivity (Wildman–Crippen MR) is 39.6 cm³/mol. The second kappa shape index (κ2) is 2.05. The summed E-state index contributed by atoms with van der Waals surface area (Å²) in [6.45, 7) is 0.